The summed E-state index contributed by atoms with van der Waals surface area (Å²) >= 11 is 0. The van der Waals surface area contributed by atoms with E-state index in [1.54, 1.807) is 0 Å². The number of nitrogens with zero attached hydrogens (tertiary/aromatic N) is 1. The van der Waals surface area contributed by atoms with Gasteiger partial charge >= 0.3 is 0 Å². The lowest BCUT2D eigenvalue weighted by Crippen LogP contribution is -2.63. The lowest BCUT2D eigenvalue weighted by molar-refractivity contribution is -0.0861. The molecule has 1 heterocycles. The molecule has 0 saturated carbocycles. The van der Waals surface area contributed by atoms with E-state index in [1.807, 2.05) is 6.92 Å². The van der Waals surface area contributed by atoms with Crippen molar-refractivity contribution in [1.82, 2.24) is 4.90 Å². The quantitative estimate of drug-likeness (QED) is 0.799. The van der Waals surface area contributed by atoms with Gasteiger partial charge in [0.25, 0.3) is 5.91 Å². The van der Waals surface area contributed by atoms with Crippen molar-refractivity contribution in [1.29, 1.82) is 0 Å². The maximum Gasteiger partial charge on any atom is 0.257 e. The van der Waals surface area contributed by atoms with Gasteiger partial charge in [-0.25, -0.2) is 4.39 Å². The van der Waals surface area contributed by atoms with Crippen LogP contribution in [0.2, 0.25) is 0 Å². The van der Waals surface area contributed by atoms with E-state index in [4.69, 9.17) is 5.73 Å². The molecule has 1 aromatic carbocycles. The maximum atomic E-state index is 13.5. The van der Waals surface area contributed by atoms with Crippen LogP contribution in [-0.4, -0.2) is 34.6 Å². The van der Waals surface area contributed by atoms with E-state index < -0.39 is 17.3 Å². The first kappa shape index (κ1) is 12.8. The Morgan fingerprint density at radius 2 is 2.22 bits per heavy atom. The molecule has 2 rings (SSSR count). The van der Waals surface area contributed by atoms with Gasteiger partial charge in [-0.05, 0) is 24.6 Å². The van der Waals surface area contributed by atoms with Crippen molar-refractivity contribution in [3.63, 3.8) is 0 Å². The second-order valence-electron chi connectivity index (χ2n) is 4.87. The Bertz CT molecular complexity index is 470. The molecule has 1 aromatic rings. The van der Waals surface area contributed by atoms with Crippen molar-refractivity contribution in [2.24, 2.45) is 0 Å². The minimum absolute atomic E-state index is 0.0338. The third-order valence-electron chi connectivity index (χ3n) is 3.19. The summed E-state index contributed by atoms with van der Waals surface area (Å²) in [6.45, 7) is 2.49. The van der Waals surface area contributed by atoms with Crippen molar-refractivity contribution < 1.29 is 14.3 Å². The van der Waals surface area contributed by atoms with Gasteiger partial charge in [0.2, 0.25) is 0 Å². The molecule has 0 aromatic heterocycles. The van der Waals surface area contributed by atoms with E-state index in [-0.39, 0.29) is 18.7 Å². The van der Waals surface area contributed by atoms with Crippen LogP contribution in [0.1, 0.15) is 30.1 Å². The zero-order valence-corrected chi connectivity index (χ0v) is 10.3. The van der Waals surface area contributed by atoms with Gasteiger partial charge in [-0.3, -0.25) is 4.79 Å². The Labute approximate surface area is 105 Å². The number of amides is 1. The van der Waals surface area contributed by atoms with E-state index in [1.165, 1.54) is 23.1 Å². The second kappa shape index (κ2) is 4.57. The monoisotopic (exact) mass is 252 g/mol. The SMILES string of the molecule is CCCC1(O)CN(C(=O)c2cc(N)ccc2F)C1. The summed E-state index contributed by atoms with van der Waals surface area (Å²) in [6, 6.07) is 3.92. The number of aliphatic hydroxyl groups is 1. The van der Waals surface area contributed by atoms with Gasteiger partial charge in [0.05, 0.1) is 24.3 Å². The number of likely N-dealkylation sites (tertiary alicyclic amines) is 1. The fourth-order valence-corrected chi connectivity index (χ4v) is 2.31. The van der Waals surface area contributed by atoms with E-state index in [9.17, 15) is 14.3 Å². The molecule has 0 aliphatic carbocycles. The molecule has 1 amide bonds. The molecule has 4 nitrogen and oxygen atoms in total. The highest BCUT2D eigenvalue weighted by Gasteiger charge is 2.43. The van der Waals surface area contributed by atoms with Gasteiger partial charge in [-0.1, -0.05) is 13.3 Å². The Balaban J connectivity index is 2.08. The summed E-state index contributed by atoms with van der Waals surface area (Å²) < 4.78 is 13.5. The Morgan fingerprint density at radius 3 is 2.83 bits per heavy atom. The number of anilines is 1. The number of hydrogen-bond acceptors (Lipinski definition) is 3. The standard InChI is InChI=1S/C13H17FN2O2/c1-2-5-13(18)7-16(8-13)12(17)10-6-9(15)3-4-11(10)14/h3-4,6,18H,2,5,7-8,15H2,1H3. The highest BCUT2D eigenvalue weighted by atomic mass is 19.1. The molecule has 0 atom stereocenters. The number of carbonyl (C=O) groups is 1. The van der Waals surface area contributed by atoms with E-state index in [0.29, 0.717) is 12.1 Å². The first-order valence-corrected chi connectivity index (χ1v) is 6.02. The van der Waals surface area contributed by atoms with Crippen molar-refractivity contribution in [2.45, 2.75) is 25.4 Å². The van der Waals surface area contributed by atoms with Gasteiger partial charge in [-0.15, -0.1) is 0 Å². The van der Waals surface area contributed by atoms with Gasteiger partial charge in [0.1, 0.15) is 5.82 Å². The summed E-state index contributed by atoms with van der Waals surface area (Å²) in [7, 11) is 0. The lowest BCUT2D eigenvalue weighted by Gasteiger charge is -2.46. The van der Waals surface area contributed by atoms with Gasteiger partial charge in [0.15, 0.2) is 0 Å². The zero-order chi connectivity index (χ0) is 13.3. The van der Waals surface area contributed by atoms with Crippen LogP contribution in [0.4, 0.5) is 10.1 Å². The normalized spacial score (nSPS) is 17.4. The van der Waals surface area contributed by atoms with Gasteiger partial charge in [-0.2, -0.15) is 0 Å². The maximum absolute atomic E-state index is 13.5. The Kier molecular flexibility index (Phi) is 3.26. The first-order valence-electron chi connectivity index (χ1n) is 6.02. The van der Waals surface area contributed by atoms with E-state index >= 15 is 0 Å². The number of hydrogen-bond donors (Lipinski definition) is 2. The second-order valence-corrected chi connectivity index (χ2v) is 4.87. The van der Waals surface area contributed by atoms with Crippen molar-refractivity contribution in [3.8, 4) is 0 Å². The molecule has 1 saturated heterocycles. The molecule has 0 unspecified atom stereocenters. The largest absolute Gasteiger partial charge is 0.399 e. The van der Waals surface area contributed by atoms with Crippen LogP contribution >= 0.6 is 0 Å². The minimum atomic E-state index is -0.804. The van der Waals surface area contributed by atoms with Crippen molar-refractivity contribution >= 4 is 11.6 Å². The predicted octanol–water partition coefficient (Wildman–Crippen LogP) is 1.39. The topological polar surface area (TPSA) is 66.6 Å². The number of benzene rings is 1. The Hall–Kier alpha value is -1.62. The van der Waals surface area contributed by atoms with Crippen molar-refractivity contribution in [2.75, 3.05) is 18.8 Å². The van der Waals surface area contributed by atoms with Crippen LogP contribution in [0.3, 0.4) is 0 Å². The number of nitrogens with two attached hydrogens (primary N) is 1. The average Bonchev–Trinajstić information content (AvgIpc) is 2.28. The first-order chi connectivity index (χ1) is 8.45. The van der Waals surface area contributed by atoms with Gasteiger partial charge in [0, 0.05) is 5.69 Å². The zero-order valence-electron chi connectivity index (χ0n) is 10.3. The van der Waals surface area contributed by atoms with E-state index in [0.717, 1.165) is 6.42 Å². The highest BCUT2D eigenvalue weighted by molar-refractivity contribution is 5.96. The number of β-amino-alcohol motifs (C(OH)–C–C–N with tert-alkyl or cyclic N) is 1. The summed E-state index contributed by atoms with van der Waals surface area (Å²) in [4.78, 5) is 13.4. The summed E-state index contributed by atoms with van der Waals surface area (Å²) in [5.41, 5.74) is 5.05. The number of rotatable bonds is 3. The van der Waals surface area contributed by atoms with Crippen LogP contribution in [0.25, 0.3) is 0 Å². The molecule has 3 N–H and O–H groups in total. The van der Waals surface area contributed by atoms with E-state index in [2.05, 4.69) is 0 Å². The molecule has 18 heavy (non-hydrogen) atoms. The molecule has 0 bridgehead atoms. The van der Waals surface area contributed by atoms with Crippen LogP contribution < -0.4 is 5.73 Å². The summed E-state index contributed by atoms with van der Waals surface area (Å²) in [6.07, 6.45) is 1.50. The predicted molar refractivity (Wildman–Crippen MR) is 66.6 cm³/mol. The fourth-order valence-electron chi connectivity index (χ4n) is 2.31. The molecule has 1 aliphatic heterocycles. The third kappa shape index (κ3) is 2.31. The summed E-state index contributed by atoms with van der Waals surface area (Å²) in [5.74, 6) is -0.999. The lowest BCUT2D eigenvalue weighted by atomic mass is 9.88. The number of nitrogen functional groups attached to an aromatic ring is 1. The van der Waals surface area contributed by atoms with Crippen LogP contribution in [0.15, 0.2) is 18.2 Å². The highest BCUT2D eigenvalue weighted by Crippen LogP contribution is 2.28. The molecule has 98 valence electrons. The van der Waals surface area contributed by atoms with Crippen molar-refractivity contribution in [3.05, 3.63) is 29.6 Å². The molecule has 0 spiro atoms. The molecular formula is C13H17FN2O2. The number of halogens is 1. The molecule has 5 heteroatoms. The molecule has 1 fully saturated rings. The Morgan fingerprint density at radius 1 is 1.56 bits per heavy atom. The van der Waals surface area contributed by atoms with Crippen LogP contribution in [0, 0.1) is 5.82 Å². The van der Waals surface area contributed by atoms with Gasteiger partial charge < -0.3 is 15.7 Å². The smallest absolute Gasteiger partial charge is 0.257 e. The number of carbonyl (C=O) groups excluding carboxylic acids is 1. The minimum Gasteiger partial charge on any atom is -0.399 e. The molecular weight excluding hydrogens is 235 g/mol. The van der Waals surface area contributed by atoms with Crippen LogP contribution in [-0.2, 0) is 0 Å². The third-order valence-corrected chi connectivity index (χ3v) is 3.19. The van der Waals surface area contributed by atoms with Crippen LogP contribution in [0.5, 0.6) is 0 Å². The summed E-state index contributed by atoms with van der Waals surface area (Å²) in [5, 5.41) is 9.99. The fraction of sp³-hybridized carbons (Fsp3) is 0.462. The molecule has 0 radical (unpaired) electrons. The average molecular weight is 252 g/mol. The molecule has 1 aliphatic rings.